The molecule has 0 unspecified atom stereocenters. The minimum Gasteiger partial charge on any atom is -0.355 e. The number of amides is 1. The maximum absolute atomic E-state index is 13.7. The fraction of sp³-hybridized carbons (Fsp3) is 0.100. The first kappa shape index (κ1) is 17.5. The number of hydrogen-bond donors (Lipinski definition) is 2. The van der Waals surface area contributed by atoms with Gasteiger partial charge in [-0.25, -0.2) is 8.78 Å². The number of nitrogens with zero attached hydrogens (tertiary/aromatic N) is 1. The summed E-state index contributed by atoms with van der Waals surface area (Å²) < 4.78 is 26.7. The highest BCUT2D eigenvalue weighted by atomic mass is 19.1. The molecule has 3 aromatic rings. The van der Waals surface area contributed by atoms with Gasteiger partial charge in [0.2, 0.25) is 0 Å². The molecule has 0 fully saturated rings. The molecule has 0 aliphatic heterocycles. The number of para-hydroxylation sites is 1. The molecule has 2 N–H and O–H groups in total. The number of aromatic nitrogens is 1. The van der Waals surface area contributed by atoms with Crippen LogP contribution in [0.5, 0.6) is 0 Å². The highest BCUT2D eigenvalue weighted by Gasteiger charge is 2.12. The van der Waals surface area contributed by atoms with Gasteiger partial charge in [0.15, 0.2) is 0 Å². The summed E-state index contributed by atoms with van der Waals surface area (Å²) in [6.07, 6.45) is 1.49. The lowest BCUT2D eigenvalue weighted by atomic mass is 10.1. The third kappa shape index (κ3) is 3.85. The first-order valence-corrected chi connectivity index (χ1v) is 8.00. The number of carbonyl (C=O) groups is 1. The maximum atomic E-state index is 13.7. The van der Waals surface area contributed by atoms with Crippen molar-refractivity contribution in [2.24, 2.45) is 0 Å². The van der Waals surface area contributed by atoms with Gasteiger partial charge in [0.05, 0.1) is 5.69 Å². The first-order chi connectivity index (χ1) is 12.4. The summed E-state index contributed by atoms with van der Waals surface area (Å²) in [6.45, 7) is 3.98. The van der Waals surface area contributed by atoms with E-state index in [1.54, 1.807) is 12.1 Å². The van der Waals surface area contributed by atoms with Crippen LogP contribution in [-0.2, 0) is 0 Å². The molecule has 0 radical (unpaired) electrons. The van der Waals surface area contributed by atoms with E-state index < -0.39 is 17.5 Å². The van der Waals surface area contributed by atoms with E-state index in [9.17, 15) is 13.6 Å². The van der Waals surface area contributed by atoms with Crippen LogP contribution in [0.1, 0.15) is 21.6 Å². The van der Waals surface area contributed by atoms with Crippen molar-refractivity contribution in [2.75, 3.05) is 10.6 Å². The highest BCUT2D eigenvalue weighted by molar-refractivity contribution is 6.03. The Morgan fingerprint density at radius 2 is 1.73 bits per heavy atom. The molecule has 26 heavy (non-hydrogen) atoms. The van der Waals surface area contributed by atoms with E-state index in [0.29, 0.717) is 11.8 Å². The second-order valence-electron chi connectivity index (χ2n) is 5.90. The van der Waals surface area contributed by atoms with Crippen LogP contribution in [0.4, 0.5) is 25.8 Å². The molecule has 1 heterocycles. The minimum atomic E-state index is -0.844. The molecule has 132 valence electrons. The zero-order valence-corrected chi connectivity index (χ0v) is 14.3. The number of rotatable bonds is 4. The van der Waals surface area contributed by atoms with Gasteiger partial charge in [-0.15, -0.1) is 0 Å². The lowest BCUT2D eigenvalue weighted by Crippen LogP contribution is -2.15. The Balaban J connectivity index is 1.81. The molecular weight excluding hydrogens is 336 g/mol. The second-order valence-corrected chi connectivity index (χ2v) is 5.90. The van der Waals surface area contributed by atoms with Crippen molar-refractivity contribution < 1.29 is 13.6 Å². The number of carbonyl (C=O) groups excluding carboxylic acids is 1. The van der Waals surface area contributed by atoms with Crippen molar-refractivity contribution in [3.8, 4) is 0 Å². The predicted molar refractivity (Wildman–Crippen MR) is 97.7 cm³/mol. The van der Waals surface area contributed by atoms with Crippen LogP contribution in [0, 0.1) is 25.5 Å². The van der Waals surface area contributed by atoms with Gasteiger partial charge in [-0.1, -0.05) is 18.2 Å². The molecule has 0 spiro atoms. The summed E-state index contributed by atoms with van der Waals surface area (Å²) in [5.74, 6) is -2.14. The Morgan fingerprint density at radius 1 is 1.00 bits per heavy atom. The zero-order valence-electron chi connectivity index (χ0n) is 14.3. The molecule has 0 atom stereocenters. The molecule has 2 aromatic carbocycles. The number of pyridine rings is 1. The molecule has 0 saturated carbocycles. The fourth-order valence-corrected chi connectivity index (χ4v) is 2.57. The van der Waals surface area contributed by atoms with E-state index >= 15 is 0 Å². The number of aryl methyl sites for hydroxylation is 2. The van der Waals surface area contributed by atoms with Crippen LogP contribution >= 0.6 is 0 Å². The maximum Gasteiger partial charge on any atom is 0.274 e. The molecule has 0 saturated heterocycles. The van der Waals surface area contributed by atoms with Crippen molar-refractivity contribution in [1.29, 1.82) is 0 Å². The summed E-state index contributed by atoms with van der Waals surface area (Å²) >= 11 is 0. The van der Waals surface area contributed by atoms with Gasteiger partial charge in [-0.2, -0.15) is 0 Å². The summed E-state index contributed by atoms with van der Waals surface area (Å²) in [4.78, 5) is 16.3. The van der Waals surface area contributed by atoms with Gasteiger partial charge in [0.25, 0.3) is 5.91 Å². The molecule has 0 bridgehead atoms. The molecule has 3 rings (SSSR count). The standard InChI is InChI=1S/C20H17F2N3O/c1-12-4-3-5-13(2)19(12)24-15-8-9-23-18(11-15)20(26)25-17-7-6-14(21)10-16(17)22/h3-11H,1-2H3,(H,23,24)(H,25,26). The van der Waals surface area contributed by atoms with Crippen molar-refractivity contribution in [2.45, 2.75) is 13.8 Å². The van der Waals surface area contributed by atoms with Crippen molar-refractivity contribution >= 4 is 23.0 Å². The largest absolute Gasteiger partial charge is 0.355 e. The molecule has 0 aliphatic carbocycles. The molecule has 1 amide bonds. The number of nitrogens with one attached hydrogen (secondary N) is 2. The van der Waals surface area contributed by atoms with Crippen LogP contribution in [0.25, 0.3) is 0 Å². The number of halogens is 2. The van der Waals surface area contributed by atoms with E-state index in [-0.39, 0.29) is 11.4 Å². The van der Waals surface area contributed by atoms with Crippen molar-refractivity contribution in [1.82, 2.24) is 4.98 Å². The van der Waals surface area contributed by atoms with E-state index in [1.165, 1.54) is 12.3 Å². The van der Waals surface area contributed by atoms with Crippen LogP contribution in [-0.4, -0.2) is 10.9 Å². The Morgan fingerprint density at radius 3 is 2.42 bits per heavy atom. The molecule has 0 aliphatic rings. The van der Waals surface area contributed by atoms with E-state index in [1.807, 2.05) is 32.0 Å². The minimum absolute atomic E-state index is 0.105. The van der Waals surface area contributed by atoms with Gasteiger partial charge < -0.3 is 10.6 Å². The van der Waals surface area contributed by atoms with Crippen molar-refractivity contribution in [3.63, 3.8) is 0 Å². The molecule has 4 nitrogen and oxygen atoms in total. The lowest BCUT2D eigenvalue weighted by molar-refractivity contribution is 0.102. The van der Waals surface area contributed by atoms with Gasteiger partial charge in [0.1, 0.15) is 17.3 Å². The Labute approximate surface area is 149 Å². The Bertz CT molecular complexity index is 953. The third-order valence-electron chi connectivity index (χ3n) is 3.92. The van der Waals surface area contributed by atoms with Gasteiger partial charge >= 0.3 is 0 Å². The Kier molecular flexibility index (Phi) is 4.93. The lowest BCUT2D eigenvalue weighted by Gasteiger charge is -2.13. The molecular formula is C20H17F2N3O. The van der Waals surface area contributed by atoms with Crippen LogP contribution in [0.15, 0.2) is 54.7 Å². The Hall–Kier alpha value is -3.28. The monoisotopic (exact) mass is 353 g/mol. The van der Waals surface area contributed by atoms with Gasteiger partial charge in [0, 0.05) is 23.6 Å². The average molecular weight is 353 g/mol. The van der Waals surface area contributed by atoms with Gasteiger partial charge in [-0.05, 0) is 49.2 Å². The van der Waals surface area contributed by atoms with Crippen molar-refractivity contribution in [3.05, 3.63) is 83.2 Å². The highest BCUT2D eigenvalue weighted by Crippen LogP contribution is 2.24. The molecule has 6 heteroatoms. The fourth-order valence-electron chi connectivity index (χ4n) is 2.57. The number of anilines is 3. The summed E-state index contributed by atoms with van der Waals surface area (Å²) in [6, 6.07) is 12.2. The normalized spacial score (nSPS) is 10.5. The zero-order chi connectivity index (χ0) is 18.7. The second kappa shape index (κ2) is 7.31. The SMILES string of the molecule is Cc1cccc(C)c1Nc1ccnc(C(=O)Nc2ccc(F)cc2F)c1. The first-order valence-electron chi connectivity index (χ1n) is 8.00. The summed E-state index contributed by atoms with van der Waals surface area (Å²) in [5.41, 5.74) is 3.79. The average Bonchev–Trinajstić information content (AvgIpc) is 2.61. The van der Waals surface area contributed by atoms with Crippen LogP contribution in [0.3, 0.4) is 0 Å². The van der Waals surface area contributed by atoms with Crippen LogP contribution < -0.4 is 10.6 Å². The smallest absolute Gasteiger partial charge is 0.274 e. The van der Waals surface area contributed by atoms with E-state index in [0.717, 1.165) is 22.9 Å². The number of benzene rings is 2. The predicted octanol–water partition coefficient (Wildman–Crippen LogP) is 4.97. The number of hydrogen-bond acceptors (Lipinski definition) is 3. The van der Waals surface area contributed by atoms with E-state index in [4.69, 9.17) is 0 Å². The quantitative estimate of drug-likeness (QED) is 0.696. The van der Waals surface area contributed by atoms with E-state index in [2.05, 4.69) is 15.6 Å². The topological polar surface area (TPSA) is 54.0 Å². The van der Waals surface area contributed by atoms with Gasteiger partial charge in [-0.3, -0.25) is 9.78 Å². The summed E-state index contributed by atoms with van der Waals surface area (Å²) in [7, 11) is 0. The molecule has 1 aromatic heterocycles. The third-order valence-corrected chi connectivity index (χ3v) is 3.92. The van der Waals surface area contributed by atoms with Crippen LogP contribution in [0.2, 0.25) is 0 Å². The summed E-state index contributed by atoms with van der Waals surface area (Å²) in [5, 5.41) is 5.67.